The Hall–Kier alpha value is -4.85. The molecule has 0 fully saturated rings. The number of hydrogen-bond acceptors (Lipinski definition) is 5. The van der Waals surface area contributed by atoms with Crippen molar-refractivity contribution in [2.45, 2.75) is 6.18 Å². The molecule has 0 aliphatic rings. The van der Waals surface area contributed by atoms with E-state index in [4.69, 9.17) is 13.9 Å². The van der Waals surface area contributed by atoms with Gasteiger partial charge in [0.1, 0.15) is 23.0 Å². The number of carbonyl (C=O) groups is 2. The highest BCUT2D eigenvalue weighted by Gasteiger charge is 2.34. The average Bonchev–Trinajstić information content (AvgIpc) is 3.39. The van der Waals surface area contributed by atoms with Crippen molar-refractivity contribution in [2.24, 2.45) is 0 Å². The van der Waals surface area contributed by atoms with Crippen LogP contribution in [0.2, 0.25) is 0 Å². The van der Waals surface area contributed by atoms with E-state index in [1.807, 2.05) is 0 Å². The molecule has 0 saturated heterocycles. The van der Waals surface area contributed by atoms with Gasteiger partial charge in [0.15, 0.2) is 0 Å². The Balaban J connectivity index is 1.62. The molecule has 0 aliphatic carbocycles. The van der Waals surface area contributed by atoms with Gasteiger partial charge in [-0.15, -0.1) is 0 Å². The summed E-state index contributed by atoms with van der Waals surface area (Å²) < 4.78 is 57.8. The van der Waals surface area contributed by atoms with Crippen LogP contribution in [-0.4, -0.2) is 11.9 Å². The number of furan rings is 1. The second-order valence-electron chi connectivity index (χ2n) is 7.72. The van der Waals surface area contributed by atoms with Crippen molar-refractivity contribution in [1.82, 2.24) is 0 Å². The first kappa shape index (κ1) is 25.2. The minimum Gasteiger partial charge on any atom is -0.456 e. The standard InChI is InChI=1S/C29H19F3O5/c1-3-27(33)35-21-10-5-18(6-11-21)23-14-9-20(17-24(23)29(30,31)32)26-16-15-25(37-26)19-7-12-22(13-8-19)36-28(34)4-2/h3-17H,1-2H2. The average molecular weight is 504 g/mol. The summed E-state index contributed by atoms with van der Waals surface area (Å²) in [7, 11) is 0. The fourth-order valence-corrected chi connectivity index (χ4v) is 3.54. The molecule has 0 saturated carbocycles. The molecule has 8 heteroatoms. The summed E-state index contributed by atoms with van der Waals surface area (Å²) in [6.45, 7) is 6.64. The summed E-state index contributed by atoms with van der Waals surface area (Å²) in [6, 6.07) is 19.3. The summed E-state index contributed by atoms with van der Waals surface area (Å²) in [4.78, 5) is 22.6. The zero-order valence-corrected chi connectivity index (χ0v) is 19.2. The number of esters is 2. The van der Waals surface area contributed by atoms with Crippen LogP contribution < -0.4 is 9.47 Å². The molecule has 1 heterocycles. The van der Waals surface area contributed by atoms with Gasteiger partial charge >= 0.3 is 18.1 Å². The Morgan fingerprint density at radius 3 is 1.62 bits per heavy atom. The lowest BCUT2D eigenvalue weighted by Crippen LogP contribution is -2.07. The highest BCUT2D eigenvalue weighted by Crippen LogP contribution is 2.40. The molecule has 0 aliphatic heterocycles. The molecule has 4 aromatic rings. The van der Waals surface area contributed by atoms with Crippen molar-refractivity contribution in [3.63, 3.8) is 0 Å². The molecule has 0 radical (unpaired) electrons. The van der Waals surface area contributed by atoms with Gasteiger partial charge in [-0.1, -0.05) is 37.4 Å². The Bertz CT molecular complexity index is 1460. The second kappa shape index (κ2) is 10.4. The molecule has 0 bridgehead atoms. The molecule has 0 spiro atoms. The number of halogens is 3. The van der Waals surface area contributed by atoms with E-state index < -0.39 is 23.7 Å². The van der Waals surface area contributed by atoms with Crippen LogP contribution in [0.3, 0.4) is 0 Å². The minimum atomic E-state index is -4.63. The molecule has 1 aromatic heterocycles. The first-order valence-corrected chi connectivity index (χ1v) is 10.9. The molecular weight excluding hydrogens is 485 g/mol. The molecular formula is C29H19F3O5. The Kier molecular flexibility index (Phi) is 7.11. The molecule has 5 nitrogen and oxygen atoms in total. The Morgan fingerprint density at radius 1 is 0.676 bits per heavy atom. The monoisotopic (exact) mass is 504 g/mol. The van der Waals surface area contributed by atoms with Gasteiger partial charge in [-0.25, -0.2) is 9.59 Å². The quantitative estimate of drug-likeness (QED) is 0.148. The highest BCUT2D eigenvalue weighted by molar-refractivity contribution is 5.84. The molecule has 0 amide bonds. The van der Waals surface area contributed by atoms with Crippen molar-refractivity contribution in [3.8, 4) is 45.3 Å². The van der Waals surface area contributed by atoms with Gasteiger partial charge in [0.25, 0.3) is 0 Å². The van der Waals surface area contributed by atoms with Crippen LogP contribution in [0.25, 0.3) is 33.8 Å². The maximum atomic E-state index is 14.0. The van der Waals surface area contributed by atoms with Crippen LogP contribution in [-0.2, 0) is 15.8 Å². The van der Waals surface area contributed by atoms with E-state index in [9.17, 15) is 22.8 Å². The number of alkyl halides is 3. The van der Waals surface area contributed by atoms with Gasteiger partial charge in [-0.3, -0.25) is 0 Å². The predicted molar refractivity (Wildman–Crippen MR) is 132 cm³/mol. The van der Waals surface area contributed by atoms with Crippen molar-refractivity contribution in [1.29, 1.82) is 0 Å². The van der Waals surface area contributed by atoms with Crippen molar-refractivity contribution >= 4 is 11.9 Å². The van der Waals surface area contributed by atoms with Crippen LogP contribution in [0.5, 0.6) is 11.5 Å². The molecule has 0 unspecified atom stereocenters. The number of ether oxygens (including phenoxy) is 2. The zero-order valence-electron chi connectivity index (χ0n) is 19.2. The summed E-state index contributed by atoms with van der Waals surface area (Å²) in [5.41, 5.74) is 0.320. The number of hydrogen-bond donors (Lipinski definition) is 0. The lowest BCUT2D eigenvalue weighted by atomic mass is 9.96. The van der Waals surface area contributed by atoms with Crippen molar-refractivity contribution < 1.29 is 36.7 Å². The van der Waals surface area contributed by atoms with Crippen LogP contribution in [0.15, 0.2) is 109 Å². The van der Waals surface area contributed by atoms with Gasteiger partial charge in [-0.2, -0.15) is 13.2 Å². The van der Waals surface area contributed by atoms with E-state index in [-0.39, 0.29) is 22.6 Å². The molecule has 37 heavy (non-hydrogen) atoms. The number of carbonyl (C=O) groups excluding carboxylic acids is 2. The molecule has 0 N–H and O–H groups in total. The summed E-state index contributed by atoms with van der Waals surface area (Å²) in [5, 5.41) is 0. The predicted octanol–water partition coefficient (Wildman–Crippen LogP) is 7.48. The van der Waals surface area contributed by atoms with E-state index in [0.29, 0.717) is 22.6 Å². The topological polar surface area (TPSA) is 65.7 Å². The third-order valence-electron chi connectivity index (χ3n) is 5.29. The normalized spacial score (nSPS) is 11.0. The lowest BCUT2D eigenvalue weighted by Gasteiger charge is -2.15. The molecule has 3 aromatic carbocycles. The second-order valence-corrected chi connectivity index (χ2v) is 7.72. The highest BCUT2D eigenvalue weighted by atomic mass is 19.4. The third kappa shape index (κ3) is 5.87. The largest absolute Gasteiger partial charge is 0.456 e. The Labute approximate surface area is 210 Å². The van der Waals surface area contributed by atoms with Gasteiger partial charge in [0, 0.05) is 23.3 Å². The zero-order chi connectivity index (χ0) is 26.6. The number of rotatable bonds is 7. The van der Waals surface area contributed by atoms with Gasteiger partial charge in [0.2, 0.25) is 0 Å². The van der Waals surface area contributed by atoms with E-state index in [1.54, 1.807) is 36.4 Å². The SMILES string of the molecule is C=CC(=O)Oc1ccc(-c2ccc(-c3ccc(-c4ccc(OC(=O)C=C)cc4)c(C(F)(F)F)c3)o2)cc1. The van der Waals surface area contributed by atoms with E-state index in [1.165, 1.54) is 36.4 Å². The first-order valence-electron chi connectivity index (χ1n) is 10.9. The number of benzene rings is 3. The molecule has 4 rings (SSSR count). The molecule has 0 atom stereocenters. The summed E-state index contributed by atoms with van der Waals surface area (Å²) in [6.07, 6.45) is -2.60. The van der Waals surface area contributed by atoms with Crippen LogP contribution >= 0.6 is 0 Å². The minimum absolute atomic E-state index is 0.0331. The van der Waals surface area contributed by atoms with Gasteiger partial charge < -0.3 is 13.9 Å². The maximum Gasteiger partial charge on any atom is 0.417 e. The van der Waals surface area contributed by atoms with E-state index >= 15 is 0 Å². The van der Waals surface area contributed by atoms with Crippen LogP contribution in [0.1, 0.15) is 5.56 Å². The maximum absolute atomic E-state index is 14.0. The fraction of sp³-hybridized carbons (Fsp3) is 0.0345. The van der Waals surface area contributed by atoms with Crippen molar-refractivity contribution in [2.75, 3.05) is 0 Å². The first-order chi connectivity index (χ1) is 17.7. The van der Waals surface area contributed by atoms with Crippen LogP contribution in [0.4, 0.5) is 13.2 Å². The van der Waals surface area contributed by atoms with Gasteiger partial charge in [-0.05, 0) is 65.7 Å². The molecule has 186 valence electrons. The Morgan fingerprint density at radius 2 is 1.14 bits per heavy atom. The lowest BCUT2D eigenvalue weighted by molar-refractivity contribution is -0.137. The van der Waals surface area contributed by atoms with E-state index in [0.717, 1.165) is 18.2 Å². The van der Waals surface area contributed by atoms with Gasteiger partial charge in [0.05, 0.1) is 5.56 Å². The summed E-state index contributed by atoms with van der Waals surface area (Å²) >= 11 is 0. The third-order valence-corrected chi connectivity index (χ3v) is 5.29. The summed E-state index contributed by atoms with van der Waals surface area (Å²) in [5.74, 6) is -0.0756. The van der Waals surface area contributed by atoms with Crippen LogP contribution in [0, 0.1) is 0 Å². The fourth-order valence-electron chi connectivity index (χ4n) is 3.54. The van der Waals surface area contributed by atoms with E-state index in [2.05, 4.69) is 13.2 Å². The van der Waals surface area contributed by atoms with Crippen molar-refractivity contribution in [3.05, 3.63) is 110 Å². The smallest absolute Gasteiger partial charge is 0.417 e.